The molecule has 1 aromatic carbocycles. The molecule has 1 rings (SSSR count). The molecular weight excluding hydrogens is 261 g/mol. The van der Waals surface area contributed by atoms with Gasteiger partial charge < -0.3 is 0 Å². The van der Waals surface area contributed by atoms with E-state index in [0.29, 0.717) is 6.07 Å². The van der Waals surface area contributed by atoms with Gasteiger partial charge in [-0.3, -0.25) is 4.72 Å². The van der Waals surface area contributed by atoms with Crippen molar-refractivity contribution in [3.63, 3.8) is 0 Å². The summed E-state index contributed by atoms with van der Waals surface area (Å²) in [6, 6.07) is 2.27. The highest BCUT2D eigenvalue weighted by Crippen LogP contribution is 2.17. The number of halogens is 1. The van der Waals surface area contributed by atoms with Crippen LogP contribution >= 0.6 is 0 Å². The summed E-state index contributed by atoms with van der Waals surface area (Å²) in [4.78, 5) is -0.557. The predicted molar refractivity (Wildman–Crippen MR) is 54.5 cm³/mol. The first-order valence-corrected chi connectivity index (χ1v) is 6.81. The van der Waals surface area contributed by atoms with Crippen LogP contribution in [0.5, 0.6) is 0 Å². The summed E-state index contributed by atoms with van der Waals surface area (Å²) >= 11 is 0. The molecule has 90 valence electrons. The quantitative estimate of drug-likeness (QED) is 0.655. The van der Waals surface area contributed by atoms with E-state index >= 15 is 0 Å². The molecule has 1 aromatic rings. The molecule has 0 fully saturated rings. The molecule has 0 atom stereocenters. The summed E-state index contributed by atoms with van der Waals surface area (Å²) in [6.07, 6.45) is 0. The van der Waals surface area contributed by atoms with Crippen LogP contribution in [0, 0.1) is 5.82 Å². The Hall–Kier alpha value is -1.23. The summed E-state index contributed by atoms with van der Waals surface area (Å²) in [5, 5.41) is 9.39. The van der Waals surface area contributed by atoms with E-state index < -0.39 is 30.9 Å². The Morgan fingerprint density at radius 3 is 2.06 bits per heavy atom. The minimum absolute atomic E-state index is 0.327. The normalized spacial score (nSPS) is 12.4. The fraction of sp³-hybridized carbons (Fsp3) is 0. The number of anilines is 1. The molecule has 0 bridgehead atoms. The van der Waals surface area contributed by atoms with E-state index in [1.807, 2.05) is 0 Å². The van der Waals surface area contributed by atoms with Crippen molar-refractivity contribution in [2.45, 2.75) is 4.90 Å². The molecule has 5 N–H and O–H groups in total. The van der Waals surface area contributed by atoms with Gasteiger partial charge in [0.25, 0.3) is 10.2 Å². The number of sulfonamides is 1. The third-order valence-corrected chi connectivity index (χ3v) is 2.87. The van der Waals surface area contributed by atoms with Crippen LogP contribution in [0.2, 0.25) is 0 Å². The van der Waals surface area contributed by atoms with E-state index in [2.05, 4.69) is 5.14 Å². The van der Waals surface area contributed by atoms with Crippen molar-refractivity contribution in [1.29, 1.82) is 0 Å². The van der Waals surface area contributed by atoms with Crippen LogP contribution in [0.15, 0.2) is 23.1 Å². The van der Waals surface area contributed by atoms with Gasteiger partial charge >= 0.3 is 0 Å². The number of hydrogen-bond donors (Lipinski definition) is 3. The smallest absolute Gasteiger partial charge is 0.271 e. The van der Waals surface area contributed by atoms with Crippen molar-refractivity contribution in [3.05, 3.63) is 24.0 Å². The van der Waals surface area contributed by atoms with Crippen LogP contribution in [-0.4, -0.2) is 16.8 Å². The van der Waals surface area contributed by atoms with Gasteiger partial charge in [-0.1, -0.05) is 0 Å². The molecule has 0 aliphatic rings. The summed E-state index contributed by atoms with van der Waals surface area (Å²) in [6.45, 7) is 0. The minimum Gasteiger partial charge on any atom is -0.271 e. The molecule has 0 saturated carbocycles. The average molecular weight is 269 g/mol. The van der Waals surface area contributed by atoms with Gasteiger partial charge in [-0.25, -0.2) is 23.1 Å². The second-order valence-electron chi connectivity index (χ2n) is 2.87. The molecule has 0 radical (unpaired) electrons. The topological polar surface area (TPSA) is 132 Å². The summed E-state index contributed by atoms with van der Waals surface area (Å²) in [5.74, 6) is -0.960. The lowest BCUT2D eigenvalue weighted by atomic mass is 10.3. The molecule has 16 heavy (non-hydrogen) atoms. The first-order chi connectivity index (χ1) is 7.08. The maximum Gasteiger partial charge on any atom is 0.296 e. The van der Waals surface area contributed by atoms with Crippen molar-refractivity contribution in [2.24, 2.45) is 10.3 Å². The molecular formula is C6H8FN3O4S2. The zero-order valence-electron chi connectivity index (χ0n) is 7.71. The zero-order valence-corrected chi connectivity index (χ0v) is 9.35. The first kappa shape index (κ1) is 12.8. The number of rotatable bonds is 3. The number of primary sulfonamides is 1. The monoisotopic (exact) mass is 269 g/mol. The molecule has 7 nitrogen and oxygen atoms in total. The van der Waals surface area contributed by atoms with Gasteiger partial charge in [0.1, 0.15) is 5.82 Å². The summed E-state index contributed by atoms with van der Waals surface area (Å²) in [7, 11) is -8.23. The first-order valence-electron chi connectivity index (χ1n) is 3.72. The Morgan fingerprint density at radius 1 is 1.06 bits per heavy atom. The molecule has 0 aromatic heterocycles. The van der Waals surface area contributed by atoms with Gasteiger partial charge in [0.15, 0.2) is 0 Å². The standard InChI is InChI=1S/C6H8FN3O4S2/c7-4-1-5(10-16(9,13)14)3-6(2-4)15(8,11)12/h1-3,10H,(H2,8,11,12)(H2,9,13,14). The van der Waals surface area contributed by atoms with E-state index in [9.17, 15) is 21.2 Å². The van der Waals surface area contributed by atoms with Crippen molar-refractivity contribution in [1.82, 2.24) is 0 Å². The SMILES string of the molecule is NS(=O)(=O)Nc1cc(F)cc(S(N)(=O)=O)c1. The van der Waals surface area contributed by atoms with Gasteiger partial charge in [0.05, 0.1) is 10.6 Å². The fourth-order valence-electron chi connectivity index (χ4n) is 0.950. The second kappa shape index (κ2) is 3.97. The van der Waals surface area contributed by atoms with Crippen LogP contribution in [0.25, 0.3) is 0 Å². The molecule has 10 heteroatoms. The van der Waals surface area contributed by atoms with Crippen molar-refractivity contribution >= 4 is 25.9 Å². The lowest BCUT2D eigenvalue weighted by Gasteiger charge is -2.05. The second-order valence-corrected chi connectivity index (χ2v) is 5.72. The van der Waals surface area contributed by atoms with Gasteiger partial charge in [-0.15, -0.1) is 0 Å². The van der Waals surface area contributed by atoms with Gasteiger partial charge in [0, 0.05) is 0 Å². The number of nitrogens with one attached hydrogen (secondary N) is 1. The highest BCUT2D eigenvalue weighted by Gasteiger charge is 2.12. The lowest BCUT2D eigenvalue weighted by Crippen LogP contribution is -2.22. The molecule has 0 unspecified atom stereocenters. The van der Waals surface area contributed by atoms with Gasteiger partial charge in [-0.2, -0.15) is 8.42 Å². The molecule has 0 aliphatic heterocycles. The molecule has 0 spiro atoms. The van der Waals surface area contributed by atoms with E-state index in [1.165, 1.54) is 0 Å². The fourth-order valence-corrected chi connectivity index (χ4v) is 1.96. The van der Waals surface area contributed by atoms with Crippen LogP contribution in [0.3, 0.4) is 0 Å². The molecule has 0 saturated heterocycles. The summed E-state index contributed by atoms with van der Waals surface area (Å²) < 4.78 is 57.7. The van der Waals surface area contributed by atoms with Gasteiger partial charge in [-0.05, 0) is 18.2 Å². The van der Waals surface area contributed by atoms with Gasteiger partial charge in [0.2, 0.25) is 10.0 Å². The van der Waals surface area contributed by atoms with Crippen LogP contribution < -0.4 is 15.0 Å². The maximum absolute atomic E-state index is 12.9. The highest BCUT2D eigenvalue weighted by molar-refractivity contribution is 7.90. The van der Waals surface area contributed by atoms with E-state index in [0.717, 1.165) is 12.1 Å². The molecule has 0 aliphatic carbocycles. The van der Waals surface area contributed by atoms with Crippen LogP contribution in [0.1, 0.15) is 0 Å². The number of hydrogen-bond acceptors (Lipinski definition) is 4. The third kappa shape index (κ3) is 3.73. The van der Waals surface area contributed by atoms with Crippen molar-refractivity contribution in [3.8, 4) is 0 Å². The maximum atomic E-state index is 12.9. The van der Waals surface area contributed by atoms with E-state index in [4.69, 9.17) is 5.14 Å². The van der Waals surface area contributed by atoms with E-state index in [-0.39, 0.29) is 5.69 Å². The van der Waals surface area contributed by atoms with Crippen molar-refractivity contribution < 1.29 is 21.2 Å². The Bertz CT molecular complexity index is 611. The number of nitrogens with two attached hydrogens (primary N) is 2. The molecule has 0 heterocycles. The predicted octanol–water partition coefficient (Wildman–Crippen LogP) is -0.911. The Morgan fingerprint density at radius 2 is 1.62 bits per heavy atom. The molecule has 0 amide bonds. The zero-order chi connectivity index (χ0) is 12.6. The Labute approximate surface area is 91.5 Å². The third-order valence-electron chi connectivity index (χ3n) is 1.46. The number of benzene rings is 1. The Balaban J connectivity index is 3.30. The minimum atomic E-state index is -4.12. The van der Waals surface area contributed by atoms with Crippen LogP contribution in [0.4, 0.5) is 10.1 Å². The lowest BCUT2D eigenvalue weighted by molar-refractivity contribution is 0.591. The Kier molecular flexibility index (Phi) is 3.19. The average Bonchev–Trinajstić information content (AvgIpc) is 1.97. The highest BCUT2D eigenvalue weighted by atomic mass is 32.2. The summed E-state index contributed by atoms with van der Waals surface area (Å²) in [5.41, 5.74) is -0.327. The van der Waals surface area contributed by atoms with Crippen molar-refractivity contribution in [2.75, 3.05) is 4.72 Å². The largest absolute Gasteiger partial charge is 0.296 e. The van der Waals surface area contributed by atoms with E-state index in [1.54, 1.807) is 4.72 Å². The van der Waals surface area contributed by atoms with Crippen LogP contribution in [-0.2, 0) is 20.2 Å².